The Labute approximate surface area is 201 Å². The highest BCUT2D eigenvalue weighted by atomic mass is 28.4. The first-order chi connectivity index (χ1) is 14.9. The van der Waals surface area contributed by atoms with Gasteiger partial charge in [-0.05, 0) is 118 Å². The molecule has 3 saturated carbocycles. The Morgan fingerprint density at radius 1 is 0.938 bits per heavy atom. The van der Waals surface area contributed by atoms with Crippen LogP contribution >= 0.6 is 0 Å². The van der Waals surface area contributed by atoms with Crippen LogP contribution in [0.2, 0.25) is 19.6 Å². The van der Waals surface area contributed by atoms with Gasteiger partial charge in [0.25, 0.3) is 0 Å². The molecular weight excluding hydrogens is 404 g/mol. The van der Waals surface area contributed by atoms with Crippen LogP contribution in [-0.4, -0.2) is 14.4 Å². The van der Waals surface area contributed by atoms with Crippen LogP contribution in [0.15, 0.2) is 11.1 Å². The fourth-order valence-corrected chi connectivity index (χ4v) is 10.3. The summed E-state index contributed by atoms with van der Waals surface area (Å²) < 4.78 is 6.61. The largest absolute Gasteiger partial charge is 0.415 e. The number of hydrogen-bond donors (Lipinski definition) is 0. The number of allylic oxidation sites excluding steroid dienone is 2. The Bertz CT molecular complexity index is 702. The van der Waals surface area contributed by atoms with Crippen LogP contribution in [0.3, 0.4) is 0 Å². The van der Waals surface area contributed by atoms with E-state index in [9.17, 15) is 0 Å². The summed E-state index contributed by atoms with van der Waals surface area (Å²) in [7, 11) is -1.43. The predicted molar refractivity (Wildman–Crippen MR) is 141 cm³/mol. The SMILES string of the molecule is CC(C)CCC[C@@H](C)[C@H]1CCC2=C3CC[C@H]4CC(O[Si](C)(C)C)CC[C@]4(C)[C@H]3CC[C@@]21C. The number of fused-ring (bicyclic) bond motifs is 4. The van der Waals surface area contributed by atoms with Crippen LogP contribution < -0.4 is 0 Å². The van der Waals surface area contributed by atoms with Crippen LogP contribution in [0.25, 0.3) is 0 Å². The summed E-state index contributed by atoms with van der Waals surface area (Å²) in [5.74, 6) is 4.46. The van der Waals surface area contributed by atoms with Gasteiger partial charge in [0.2, 0.25) is 0 Å². The molecule has 0 radical (unpaired) electrons. The van der Waals surface area contributed by atoms with Crippen LogP contribution in [0.4, 0.5) is 0 Å². The summed E-state index contributed by atoms with van der Waals surface area (Å²) in [5, 5.41) is 0. The van der Waals surface area contributed by atoms with Crippen LogP contribution in [0.5, 0.6) is 0 Å². The van der Waals surface area contributed by atoms with Crippen molar-refractivity contribution in [2.45, 2.75) is 137 Å². The minimum atomic E-state index is -1.43. The standard InChI is InChI=1S/C30H54OSi/c1-21(2)10-9-11-22(3)26-14-15-27-25-13-12-23-20-24(31-32(6,7)8)16-18-29(23,4)28(25)17-19-30(26,27)5/h21-24,26,28H,9-20H2,1-8H3/t22-,23+,24?,26-,28+,29+,30-/m1/s1. The van der Waals surface area contributed by atoms with E-state index in [-0.39, 0.29) is 0 Å². The lowest BCUT2D eigenvalue weighted by atomic mass is 9.49. The molecule has 4 rings (SSSR count). The van der Waals surface area contributed by atoms with Gasteiger partial charge in [0.05, 0.1) is 0 Å². The molecule has 0 heterocycles. The van der Waals surface area contributed by atoms with Gasteiger partial charge in [-0.25, -0.2) is 0 Å². The van der Waals surface area contributed by atoms with E-state index < -0.39 is 8.32 Å². The van der Waals surface area contributed by atoms with Crippen molar-refractivity contribution in [1.82, 2.24) is 0 Å². The van der Waals surface area contributed by atoms with E-state index in [0.717, 1.165) is 29.6 Å². The van der Waals surface area contributed by atoms with E-state index >= 15 is 0 Å². The Morgan fingerprint density at radius 3 is 2.38 bits per heavy atom. The Balaban J connectivity index is 1.49. The molecule has 0 aliphatic heterocycles. The van der Waals surface area contributed by atoms with Crippen LogP contribution in [0.1, 0.15) is 112 Å². The highest BCUT2D eigenvalue weighted by molar-refractivity contribution is 6.69. The third kappa shape index (κ3) is 4.71. The number of rotatable bonds is 7. The first-order valence-corrected chi connectivity index (χ1v) is 17.7. The second kappa shape index (κ2) is 9.18. The molecule has 3 fully saturated rings. The van der Waals surface area contributed by atoms with Crippen molar-refractivity contribution in [3.63, 3.8) is 0 Å². The summed E-state index contributed by atoms with van der Waals surface area (Å²) in [6.45, 7) is 19.8. The van der Waals surface area contributed by atoms with Crippen molar-refractivity contribution in [2.24, 2.45) is 40.4 Å². The van der Waals surface area contributed by atoms with Crippen molar-refractivity contribution in [1.29, 1.82) is 0 Å². The summed E-state index contributed by atoms with van der Waals surface area (Å²) in [5.41, 5.74) is 5.00. The molecule has 1 unspecified atom stereocenters. The first kappa shape index (κ1) is 25.0. The summed E-state index contributed by atoms with van der Waals surface area (Å²) >= 11 is 0. The monoisotopic (exact) mass is 458 g/mol. The number of hydrogen-bond acceptors (Lipinski definition) is 1. The lowest BCUT2D eigenvalue weighted by Crippen LogP contribution is -2.49. The third-order valence-electron chi connectivity index (χ3n) is 10.7. The molecule has 0 N–H and O–H groups in total. The van der Waals surface area contributed by atoms with Crippen LogP contribution in [0, 0.1) is 40.4 Å². The average molecular weight is 459 g/mol. The summed E-state index contributed by atoms with van der Waals surface area (Å²) in [6.07, 6.45) is 17.5. The molecule has 0 aromatic rings. The van der Waals surface area contributed by atoms with E-state index in [1.54, 1.807) is 0 Å². The first-order valence-electron chi connectivity index (χ1n) is 14.3. The fourth-order valence-electron chi connectivity index (χ4n) is 9.06. The molecule has 32 heavy (non-hydrogen) atoms. The minimum Gasteiger partial charge on any atom is -0.415 e. The Hall–Kier alpha value is -0.0831. The molecule has 0 amide bonds. The van der Waals surface area contributed by atoms with E-state index in [4.69, 9.17) is 4.43 Å². The topological polar surface area (TPSA) is 9.23 Å². The van der Waals surface area contributed by atoms with Crippen molar-refractivity contribution in [3.05, 3.63) is 11.1 Å². The second-order valence-corrected chi connectivity index (χ2v) is 18.8. The zero-order chi connectivity index (χ0) is 23.3. The highest BCUT2D eigenvalue weighted by Gasteiger charge is 2.55. The molecule has 0 saturated heterocycles. The van der Waals surface area contributed by atoms with Crippen molar-refractivity contribution in [2.75, 3.05) is 0 Å². The molecule has 1 nitrogen and oxygen atoms in total. The van der Waals surface area contributed by atoms with Gasteiger partial charge < -0.3 is 4.43 Å². The van der Waals surface area contributed by atoms with Gasteiger partial charge in [-0.3, -0.25) is 0 Å². The highest BCUT2D eigenvalue weighted by Crippen LogP contribution is 2.66. The molecule has 0 bridgehead atoms. The normalized spacial score (nSPS) is 40.8. The third-order valence-corrected chi connectivity index (χ3v) is 11.7. The van der Waals surface area contributed by atoms with Gasteiger partial charge in [0.1, 0.15) is 0 Å². The second-order valence-electron chi connectivity index (χ2n) is 14.3. The zero-order valence-electron chi connectivity index (χ0n) is 22.9. The predicted octanol–water partition coefficient (Wildman–Crippen LogP) is 9.39. The molecule has 4 aliphatic rings. The molecule has 0 aromatic carbocycles. The fraction of sp³-hybridized carbons (Fsp3) is 0.933. The van der Waals surface area contributed by atoms with Gasteiger partial charge in [-0.2, -0.15) is 0 Å². The van der Waals surface area contributed by atoms with E-state index in [1.165, 1.54) is 77.0 Å². The van der Waals surface area contributed by atoms with E-state index in [2.05, 4.69) is 54.3 Å². The lowest BCUT2D eigenvalue weighted by molar-refractivity contribution is -0.0328. The summed E-state index contributed by atoms with van der Waals surface area (Å²) in [4.78, 5) is 0. The maximum Gasteiger partial charge on any atom is 0.184 e. The average Bonchev–Trinajstić information content (AvgIpc) is 3.04. The molecule has 184 valence electrons. The van der Waals surface area contributed by atoms with Crippen molar-refractivity contribution in [3.8, 4) is 0 Å². The van der Waals surface area contributed by atoms with Gasteiger partial charge in [-0.15, -0.1) is 0 Å². The maximum absolute atomic E-state index is 6.61. The zero-order valence-corrected chi connectivity index (χ0v) is 23.9. The Kier molecular flexibility index (Phi) is 7.17. The van der Waals surface area contributed by atoms with Crippen molar-refractivity contribution < 1.29 is 4.43 Å². The van der Waals surface area contributed by atoms with Gasteiger partial charge in [0.15, 0.2) is 8.32 Å². The van der Waals surface area contributed by atoms with Crippen LogP contribution in [-0.2, 0) is 4.43 Å². The van der Waals surface area contributed by atoms with Gasteiger partial charge >= 0.3 is 0 Å². The molecule has 0 aromatic heterocycles. The molecule has 4 aliphatic carbocycles. The van der Waals surface area contributed by atoms with Crippen molar-refractivity contribution >= 4 is 8.32 Å². The Morgan fingerprint density at radius 2 is 1.69 bits per heavy atom. The van der Waals surface area contributed by atoms with Gasteiger partial charge in [-0.1, -0.05) is 65.0 Å². The smallest absolute Gasteiger partial charge is 0.184 e. The van der Waals surface area contributed by atoms with Gasteiger partial charge in [0, 0.05) is 6.10 Å². The summed E-state index contributed by atoms with van der Waals surface area (Å²) in [6, 6.07) is 0. The molecule has 0 spiro atoms. The van der Waals surface area contributed by atoms with E-state index in [1.807, 2.05) is 11.1 Å². The molecule has 2 heteroatoms. The minimum absolute atomic E-state index is 0.518. The maximum atomic E-state index is 6.61. The molecule has 7 atom stereocenters. The van der Waals surface area contributed by atoms with E-state index in [0.29, 0.717) is 16.9 Å². The quantitative estimate of drug-likeness (QED) is 0.273. The molecular formula is C30H54OSi. The lowest BCUT2D eigenvalue weighted by Gasteiger charge is -2.57.